The first-order chi connectivity index (χ1) is 34.2. The van der Waals surface area contributed by atoms with Crippen molar-refractivity contribution in [3.05, 3.63) is 0 Å². The minimum atomic E-state index is -0.991. The SMILES string of the molecule is CCCCCCCCCCCCC(=O)OC(CCCCCCCCCCCC)CCCCC(=O)[O-].CCCCCCCCCCCCC(=O)OC(CCCCCCCCCCCC)CCCCC(=O)[O-].[Ca+2]. The third-order valence-electron chi connectivity index (χ3n) is 14.1. The summed E-state index contributed by atoms with van der Waals surface area (Å²) in [6.07, 6.45) is 58.4. The molecule has 0 heterocycles. The predicted molar refractivity (Wildman–Crippen MR) is 298 cm³/mol. The zero-order valence-corrected chi connectivity index (χ0v) is 50.1. The third kappa shape index (κ3) is 65.2. The minimum absolute atomic E-state index is 0. The molecule has 0 saturated carbocycles. The van der Waals surface area contributed by atoms with E-state index >= 15 is 0 Å². The van der Waals surface area contributed by atoms with Crippen molar-refractivity contribution in [1.82, 2.24) is 0 Å². The summed E-state index contributed by atoms with van der Waals surface area (Å²) >= 11 is 0. The molecule has 8 nitrogen and oxygen atoms in total. The first-order valence-corrected chi connectivity index (χ1v) is 31.0. The summed E-state index contributed by atoms with van der Waals surface area (Å²) in [5.74, 6) is -2.12. The number of carboxylic acids is 2. The molecular formula is C62H118CaO8. The molecule has 0 spiro atoms. The Hall–Kier alpha value is -0.860. The summed E-state index contributed by atoms with van der Waals surface area (Å²) in [6.45, 7) is 9.02. The zero-order valence-electron chi connectivity index (χ0n) is 47.9. The van der Waals surface area contributed by atoms with Gasteiger partial charge < -0.3 is 29.3 Å². The van der Waals surface area contributed by atoms with Gasteiger partial charge in [-0.25, -0.2) is 0 Å². The van der Waals surface area contributed by atoms with Gasteiger partial charge in [0.25, 0.3) is 0 Å². The number of aliphatic carboxylic acids is 2. The Morgan fingerprint density at radius 1 is 0.268 bits per heavy atom. The van der Waals surface area contributed by atoms with Crippen molar-refractivity contribution < 1.29 is 38.9 Å². The van der Waals surface area contributed by atoms with Crippen molar-refractivity contribution in [2.24, 2.45) is 0 Å². The van der Waals surface area contributed by atoms with E-state index in [1.807, 2.05) is 0 Å². The van der Waals surface area contributed by atoms with Gasteiger partial charge in [0.2, 0.25) is 0 Å². The van der Waals surface area contributed by atoms with Gasteiger partial charge in [-0.1, -0.05) is 259 Å². The van der Waals surface area contributed by atoms with Crippen LogP contribution < -0.4 is 10.2 Å². The fourth-order valence-electron chi connectivity index (χ4n) is 9.53. The summed E-state index contributed by atoms with van der Waals surface area (Å²) in [4.78, 5) is 46.1. The molecule has 0 aliphatic carbocycles. The molecule has 0 aliphatic heterocycles. The quantitative estimate of drug-likeness (QED) is 0.0334. The van der Waals surface area contributed by atoms with Crippen LogP contribution in [-0.2, 0) is 28.7 Å². The number of carbonyl (C=O) groups excluding carboxylic acids is 4. The standard InChI is InChI=1S/2C31H60O4.Ca/c2*1-3-5-7-9-11-13-15-17-19-21-25-29(26-23-24-27-30(32)33)35-31(34)28-22-20-18-16-14-12-10-8-6-4-2;/h2*29H,3-28H2,1-2H3,(H,32,33);/q;;+2/p-2. The van der Waals surface area contributed by atoms with Gasteiger partial charge in [0, 0.05) is 24.8 Å². The number of hydrogen-bond donors (Lipinski definition) is 0. The third-order valence-corrected chi connectivity index (χ3v) is 14.1. The molecule has 416 valence electrons. The first-order valence-electron chi connectivity index (χ1n) is 31.0. The summed E-state index contributed by atoms with van der Waals surface area (Å²) in [7, 11) is 0. The number of hydrogen-bond acceptors (Lipinski definition) is 8. The van der Waals surface area contributed by atoms with Crippen LogP contribution in [0.5, 0.6) is 0 Å². The van der Waals surface area contributed by atoms with Crippen LogP contribution in [0.3, 0.4) is 0 Å². The fourth-order valence-corrected chi connectivity index (χ4v) is 9.53. The molecule has 2 atom stereocenters. The van der Waals surface area contributed by atoms with Gasteiger partial charge in [0.15, 0.2) is 0 Å². The maximum absolute atomic E-state index is 12.4. The van der Waals surface area contributed by atoms with Gasteiger partial charge in [0.05, 0.1) is 0 Å². The zero-order chi connectivity index (χ0) is 51.6. The summed E-state index contributed by atoms with van der Waals surface area (Å²) in [6, 6.07) is 0. The molecule has 0 bridgehead atoms. The molecule has 9 heteroatoms. The van der Waals surface area contributed by atoms with Gasteiger partial charge in [-0.3, -0.25) is 9.59 Å². The summed E-state index contributed by atoms with van der Waals surface area (Å²) in [5, 5.41) is 21.3. The van der Waals surface area contributed by atoms with Gasteiger partial charge in [-0.2, -0.15) is 0 Å². The molecule has 0 aromatic carbocycles. The topological polar surface area (TPSA) is 133 Å². The Labute approximate surface area is 471 Å². The monoisotopic (exact) mass is 1030 g/mol. The molecule has 0 amide bonds. The largest absolute Gasteiger partial charge is 2.00 e. The smallest absolute Gasteiger partial charge is 0.550 e. The molecule has 0 radical (unpaired) electrons. The van der Waals surface area contributed by atoms with E-state index in [4.69, 9.17) is 9.47 Å². The molecule has 0 aliphatic rings. The molecule has 0 fully saturated rings. The molecule has 0 rings (SSSR count). The summed E-state index contributed by atoms with van der Waals surface area (Å²) in [5.41, 5.74) is 0. The van der Waals surface area contributed by atoms with Crippen LogP contribution in [0, 0.1) is 0 Å². The van der Waals surface area contributed by atoms with E-state index in [-0.39, 0.29) is 74.7 Å². The van der Waals surface area contributed by atoms with Crippen LogP contribution in [0.4, 0.5) is 0 Å². The second-order valence-electron chi connectivity index (χ2n) is 21.3. The van der Waals surface area contributed by atoms with Crippen LogP contribution in [0.2, 0.25) is 0 Å². The van der Waals surface area contributed by atoms with Gasteiger partial charge in [0.1, 0.15) is 12.2 Å². The molecule has 0 saturated heterocycles. The van der Waals surface area contributed by atoms with Crippen LogP contribution in [0.25, 0.3) is 0 Å². The Bertz CT molecular complexity index is 1020. The Balaban J connectivity index is -0.00000128. The summed E-state index contributed by atoms with van der Waals surface area (Å²) < 4.78 is 11.6. The van der Waals surface area contributed by atoms with E-state index in [2.05, 4.69) is 27.7 Å². The second-order valence-corrected chi connectivity index (χ2v) is 21.3. The maximum atomic E-state index is 12.4. The normalized spacial score (nSPS) is 11.9. The molecule has 2 unspecified atom stereocenters. The minimum Gasteiger partial charge on any atom is -0.550 e. The second kappa shape index (κ2) is 63.4. The number of rotatable bonds is 56. The number of esters is 2. The van der Waals surface area contributed by atoms with Gasteiger partial charge in [-0.05, 0) is 89.9 Å². The van der Waals surface area contributed by atoms with Crippen LogP contribution in [0.1, 0.15) is 362 Å². The van der Waals surface area contributed by atoms with E-state index in [1.54, 1.807) is 0 Å². The van der Waals surface area contributed by atoms with Crippen LogP contribution >= 0.6 is 0 Å². The van der Waals surface area contributed by atoms with Crippen molar-refractivity contribution >= 4 is 61.6 Å². The number of unbranched alkanes of at least 4 members (excludes halogenated alkanes) is 38. The Kier molecular flexibility index (Phi) is 66.5. The van der Waals surface area contributed by atoms with Crippen LogP contribution in [-0.4, -0.2) is 73.8 Å². The molecular weight excluding hydrogens is 913 g/mol. The van der Waals surface area contributed by atoms with E-state index in [0.29, 0.717) is 25.7 Å². The van der Waals surface area contributed by atoms with Crippen molar-refractivity contribution in [2.45, 2.75) is 374 Å². The molecule has 0 aromatic rings. The first kappa shape index (κ1) is 74.4. The molecule has 0 aromatic heterocycles. The maximum Gasteiger partial charge on any atom is 2.00 e. The van der Waals surface area contributed by atoms with E-state index in [1.165, 1.54) is 218 Å². The van der Waals surface area contributed by atoms with Crippen molar-refractivity contribution in [2.75, 3.05) is 0 Å². The number of carbonyl (C=O) groups is 4. The molecule has 0 N–H and O–H groups in total. The van der Waals surface area contributed by atoms with Gasteiger partial charge in [-0.15, -0.1) is 0 Å². The Morgan fingerprint density at radius 2 is 0.437 bits per heavy atom. The number of carboxylic acid groups (broad SMARTS) is 2. The van der Waals surface area contributed by atoms with E-state index < -0.39 is 11.9 Å². The number of ether oxygens (including phenoxy) is 2. The van der Waals surface area contributed by atoms with Crippen LogP contribution in [0.15, 0.2) is 0 Å². The molecule has 71 heavy (non-hydrogen) atoms. The van der Waals surface area contributed by atoms with Crippen molar-refractivity contribution in [3.63, 3.8) is 0 Å². The van der Waals surface area contributed by atoms with E-state index in [9.17, 15) is 29.4 Å². The van der Waals surface area contributed by atoms with E-state index in [0.717, 1.165) is 77.0 Å². The average Bonchev–Trinajstić information content (AvgIpc) is 3.33. The fraction of sp³-hybridized carbons (Fsp3) is 0.935. The predicted octanol–water partition coefficient (Wildman–Crippen LogP) is 17.3. The van der Waals surface area contributed by atoms with Gasteiger partial charge >= 0.3 is 49.7 Å². The van der Waals surface area contributed by atoms with Crippen molar-refractivity contribution in [1.29, 1.82) is 0 Å². The Morgan fingerprint density at radius 3 is 0.648 bits per heavy atom. The average molecular weight is 1030 g/mol. The van der Waals surface area contributed by atoms with Crippen molar-refractivity contribution in [3.8, 4) is 0 Å².